The number of carbonyl (C=O) groups excluding carboxylic acids is 2. The molecule has 3 fully saturated rings. The average Bonchev–Trinajstić information content (AvgIpc) is 3.02. The van der Waals surface area contributed by atoms with E-state index in [9.17, 15) is 19.8 Å². The molecule has 5 nitrogen and oxygen atoms in total. The largest absolute Gasteiger partial charge is 0.390 e. The number of aliphatic hydroxyl groups is 2. The molecule has 188 valence electrons. The molecule has 6 unspecified atom stereocenters. The summed E-state index contributed by atoms with van der Waals surface area (Å²) in [5, 5.41) is 23.4. The molecule has 0 amide bonds. The summed E-state index contributed by atoms with van der Waals surface area (Å²) in [5.41, 5.74) is -4.10. The van der Waals surface area contributed by atoms with E-state index in [1.54, 1.807) is 13.0 Å². The molecule has 5 rings (SSSR count). The summed E-state index contributed by atoms with van der Waals surface area (Å²) in [6, 6.07) is 9.52. The fraction of sp³-hybridized carbons (Fsp3) is 0.586. The number of benzene rings is 1. The standard InChI is InChI=1S/C29H35FO5/c1-18-13-23-22-10-9-20-14-21(31)11-12-26(20,2)28(22,30)24(32)15-27(23,3)29(18,34)25(33)17-35-16-19-7-5-4-6-8-19/h4-8,11-12,14,18,22-24,32,34H,9-10,13,15-17H2,1-3H3/t18-,22?,23?,24?,26?,27?,28?,29+/m1/s1. The van der Waals surface area contributed by atoms with E-state index in [1.165, 1.54) is 12.2 Å². The highest BCUT2D eigenvalue weighted by Gasteiger charge is 2.75. The number of fused-ring (bicyclic) bond motifs is 5. The first-order valence-corrected chi connectivity index (χ1v) is 12.7. The van der Waals surface area contributed by atoms with Crippen LogP contribution in [-0.2, 0) is 20.9 Å². The number of halogens is 1. The fourth-order valence-electron chi connectivity index (χ4n) is 8.09. The molecule has 35 heavy (non-hydrogen) atoms. The molecule has 0 saturated heterocycles. The first kappa shape index (κ1) is 24.5. The van der Waals surface area contributed by atoms with Gasteiger partial charge < -0.3 is 14.9 Å². The molecule has 2 N–H and O–H groups in total. The Labute approximate surface area is 206 Å². The molecule has 1 aromatic rings. The molecule has 6 heteroatoms. The van der Waals surface area contributed by atoms with Crippen molar-refractivity contribution in [2.24, 2.45) is 28.6 Å². The average molecular weight is 483 g/mol. The Morgan fingerprint density at radius 2 is 1.91 bits per heavy atom. The predicted octanol–water partition coefficient (Wildman–Crippen LogP) is 4.12. The first-order chi connectivity index (χ1) is 16.5. The second-order valence-corrected chi connectivity index (χ2v) is 11.6. The van der Waals surface area contributed by atoms with Crippen molar-refractivity contribution in [3.8, 4) is 0 Å². The van der Waals surface area contributed by atoms with Gasteiger partial charge in [-0.3, -0.25) is 9.59 Å². The molecule has 0 bridgehead atoms. The predicted molar refractivity (Wildman–Crippen MR) is 129 cm³/mol. The molecule has 0 radical (unpaired) electrons. The summed E-state index contributed by atoms with van der Waals surface area (Å²) in [5.74, 6) is -1.77. The van der Waals surface area contributed by atoms with E-state index < -0.39 is 45.8 Å². The number of alkyl halides is 1. The van der Waals surface area contributed by atoms with E-state index >= 15 is 4.39 Å². The lowest BCUT2D eigenvalue weighted by Gasteiger charge is -2.62. The highest BCUT2D eigenvalue weighted by molar-refractivity contribution is 6.01. The van der Waals surface area contributed by atoms with Crippen LogP contribution in [0.3, 0.4) is 0 Å². The lowest BCUT2D eigenvalue weighted by Crippen LogP contribution is -2.69. The smallest absolute Gasteiger partial charge is 0.190 e. The van der Waals surface area contributed by atoms with Gasteiger partial charge in [-0.1, -0.05) is 55.8 Å². The number of hydrogen-bond acceptors (Lipinski definition) is 5. The van der Waals surface area contributed by atoms with Crippen LogP contribution in [0.4, 0.5) is 4.39 Å². The monoisotopic (exact) mass is 482 g/mol. The SMILES string of the molecule is C[C@@H]1CC2C3CCC4=CC(=O)C=CC4(C)C3(F)C(O)CC2(C)[C@@]1(O)C(=O)COCc1ccccc1. The Kier molecular flexibility index (Phi) is 5.74. The van der Waals surface area contributed by atoms with Gasteiger partial charge in [-0.2, -0.15) is 0 Å². The Hall–Kier alpha value is -2.15. The van der Waals surface area contributed by atoms with Gasteiger partial charge >= 0.3 is 0 Å². The van der Waals surface area contributed by atoms with E-state index in [1.807, 2.05) is 44.2 Å². The van der Waals surface area contributed by atoms with Crippen LogP contribution in [0.25, 0.3) is 0 Å². The van der Waals surface area contributed by atoms with Crippen molar-refractivity contribution in [1.82, 2.24) is 0 Å². The lowest BCUT2D eigenvalue weighted by molar-refractivity contribution is -0.220. The number of ketones is 2. The molecular weight excluding hydrogens is 447 g/mol. The Balaban J connectivity index is 1.43. The van der Waals surface area contributed by atoms with Gasteiger partial charge in [0.2, 0.25) is 0 Å². The zero-order valence-corrected chi connectivity index (χ0v) is 20.7. The van der Waals surface area contributed by atoms with Gasteiger partial charge in [0.15, 0.2) is 17.2 Å². The quantitative estimate of drug-likeness (QED) is 0.660. The van der Waals surface area contributed by atoms with Crippen LogP contribution in [0.5, 0.6) is 0 Å². The van der Waals surface area contributed by atoms with E-state index in [-0.39, 0.29) is 31.3 Å². The normalized spacial score (nSPS) is 44.3. The van der Waals surface area contributed by atoms with E-state index in [2.05, 4.69) is 0 Å². The minimum atomic E-state index is -1.98. The van der Waals surface area contributed by atoms with Crippen LogP contribution < -0.4 is 0 Å². The lowest BCUT2D eigenvalue weighted by atomic mass is 9.44. The third kappa shape index (κ3) is 3.22. The molecule has 3 saturated carbocycles. The molecule has 4 aliphatic carbocycles. The van der Waals surface area contributed by atoms with Crippen molar-refractivity contribution in [3.63, 3.8) is 0 Å². The van der Waals surface area contributed by atoms with Gasteiger partial charge in [-0.05, 0) is 62.2 Å². The van der Waals surface area contributed by atoms with Gasteiger partial charge in [0, 0.05) is 16.7 Å². The van der Waals surface area contributed by atoms with Crippen molar-refractivity contribution in [3.05, 3.63) is 59.7 Å². The van der Waals surface area contributed by atoms with E-state index in [0.29, 0.717) is 19.3 Å². The van der Waals surface area contributed by atoms with Crippen molar-refractivity contribution >= 4 is 11.6 Å². The molecule has 0 aliphatic heterocycles. The maximum absolute atomic E-state index is 17.2. The summed E-state index contributed by atoms with van der Waals surface area (Å²) in [4.78, 5) is 25.5. The van der Waals surface area contributed by atoms with Gasteiger partial charge in [0.05, 0.1) is 12.7 Å². The van der Waals surface area contributed by atoms with E-state index in [0.717, 1.165) is 11.1 Å². The second kappa shape index (κ2) is 8.19. The number of rotatable bonds is 5. The molecule has 1 aromatic carbocycles. The Morgan fingerprint density at radius 3 is 2.63 bits per heavy atom. The molecule has 0 heterocycles. The topological polar surface area (TPSA) is 83.8 Å². The second-order valence-electron chi connectivity index (χ2n) is 11.6. The van der Waals surface area contributed by atoms with Crippen molar-refractivity contribution in [2.75, 3.05) is 6.61 Å². The minimum Gasteiger partial charge on any atom is -0.390 e. The summed E-state index contributed by atoms with van der Waals surface area (Å²) >= 11 is 0. The number of hydrogen-bond donors (Lipinski definition) is 2. The van der Waals surface area contributed by atoms with Gasteiger partial charge in [-0.15, -0.1) is 0 Å². The number of allylic oxidation sites excluding steroid dienone is 4. The van der Waals surface area contributed by atoms with Crippen LogP contribution in [0.2, 0.25) is 0 Å². The van der Waals surface area contributed by atoms with Crippen LogP contribution in [0, 0.1) is 28.6 Å². The fourth-order valence-corrected chi connectivity index (χ4v) is 8.09. The molecule has 4 aliphatic rings. The zero-order chi connectivity index (χ0) is 25.2. The Morgan fingerprint density at radius 1 is 1.20 bits per heavy atom. The van der Waals surface area contributed by atoms with Crippen LogP contribution in [0.15, 0.2) is 54.1 Å². The summed E-state index contributed by atoms with van der Waals surface area (Å²) in [6.07, 6.45) is 4.65. The maximum Gasteiger partial charge on any atom is 0.190 e. The van der Waals surface area contributed by atoms with Crippen molar-refractivity contribution in [2.45, 2.75) is 70.4 Å². The molecular formula is C29H35FO5. The number of Topliss-reactive ketones (excluding diaryl/α,β-unsaturated/α-hetero) is 1. The maximum atomic E-state index is 17.2. The molecule has 0 spiro atoms. The number of ether oxygens (including phenoxy) is 1. The molecule has 0 aromatic heterocycles. The van der Waals surface area contributed by atoms with Crippen LogP contribution in [0.1, 0.15) is 52.0 Å². The number of carbonyl (C=O) groups is 2. The number of aliphatic hydroxyl groups excluding tert-OH is 1. The van der Waals surface area contributed by atoms with Gasteiger partial charge in [0.1, 0.15) is 12.2 Å². The highest BCUT2D eigenvalue weighted by atomic mass is 19.1. The minimum absolute atomic E-state index is 0.0272. The summed E-state index contributed by atoms with van der Waals surface area (Å²) in [6.45, 7) is 5.48. The van der Waals surface area contributed by atoms with Gasteiger partial charge in [-0.25, -0.2) is 4.39 Å². The van der Waals surface area contributed by atoms with Crippen LogP contribution in [-0.4, -0.2) is 45.8 Å². The third-order valence-electron chi connectivity index (χ3n) is 9.99. The van der Waals surface area contributed by atoms with Crippen LogP contribution >= 0.6 is 0 Å². The van der Waals surface area contributed by atoms with Gasteiger partial charge in [0.25, 0.3) is 0 Å². The van der Waals surface area contributed by atoms with Crippen molar-refractivity contribution < 1.29 is 28.9 Å². The zero-order valence-electron chi connectivity index (χ0n) is 20.7. The van der Waals surface area contributed by atoms with E-state index in [4.69, 9.17) is 4.74 Å². The first-order valence-electron chi connectivity index (χ1n) is 12.7. The highest BCUT2D eigenvalue weighted by Crippen LogP contribution is 2.70. The third-order valence-corrected chi connectivity index (χ3v) is 9.99. The Bertz CT molecular complexity index is 1100. The van der Waals surface area contributed by atoms with Crippen molar-refractivity contribution in [1.29, 1.82) is 0 Å². The summed E-state index contributed by atoms with van der Waals surface area (Å²) in [7, 11) is 0. The summed E-state index contributed by atoms with van der Waals surface area (Å²) < 4.78 is 22.9. The molecule has 8 atom stereocenters.